The van der Waals surface area contributed by atoms with Crippen molar-refractivity contribution in [2.45, 2.75) is 6.92 Å². The largest absolute Gasteiger partial charge is 0.355 e. The molecule has 1 saturated heterocycles. The summed E-state index contributed by atoms with van der Waals surface area (Å²) in [4.78, 5) is 6.14. The van der Waals surface area contributed by atoms with Gasteiger partial charge in [0.05, 0.1) is 11.5 Å². The van der Waals surface area contributed by atoms with E-state index in [1.54, 1.807) is 0 Å². The molecular formula is C11H13N3O2S. The molecule has 0 radical (unpaired) electrons. The van der Waals surface area contributed by atoms with Crippen LogP contribution in [0.25, 0.3) is 0 Å². The number of aromatic nitrogens is 1. The Morgan fingerprint density at radius 3 is 2.59 bits per heavy atom. The molecule has 0 atom stereocenters. The van der Waals surface area contributed by atoms with Gasteiger partial charge < -0.3 is 4.90 Å². The highest BCUT2D eigenvalue weighted by atomic mass is 32.2. The summed E-state index contributed by atoms with van der Waals surface area (Å²) in [6.45, 7) is 2.72. The maximum Gasteiger partial charge on any atom is 0.153 e. The van der Waals surface area contributed by atoms with Gasteiger partial charge in [-0.15, -0.1) is 0 Å². The fraction of sp³-hybridized carbons (Fsp3) is 0.455. The summed E-state index contributed by atoms with van der Waals surface area (Å²) in [5.74, 6) is 0.997. The van der Waals surface area contributed by atoms with E-state index in [0.717, 1.165) is 5.56 Å². The number of anilines is 1. The second-order valence-corrected chi connectivity index (χ2v) is 6.39. The Bertz CT molecular complexity index is 561. The van der Waals surface area contributed by atoms with Crippen molar-refractivity contribution < 1.29 is 8.42 Å². The number of sulfone groups is 1. The van der Waals surface area contributed by atoms with Crippen LogP contribution in [0.4, 0.5) is 5.82 Å². The van der Waals surface area contributed by atoms with Crippen molar-refractivity contribution in [1.29, 1.82) is 5.26 Å². The third-order valence-corrected chi connectivity index (χ3v) is 4.47. The fourth-order valence-electron chi connectivity index (χ4n) is 1.75. The van der Waals surface area contributed by atoms with Crippen molar-refractivity contribution in [3.05, 3.63) is 23.4 Å². The smallest absolute Gasteiger partial charge is 0.153 e. The normalized spacial score (nSPS) is 18.7. The van der Waals surface area contributed by atoms with Crippen LogP contribution in [0.2, 0.25) is 0 Å². The Labute approximate surface area is 101 Å². The number of nitrogens with zero attached hydrogens (tertiary/aromatic N) is 3. The van der Waals surface area contributed by atoms with Gasteiger partial charge in [-0.1, -0.05) is 6.07 Å². The van der Waals surface area contributed by atoms with Gasteiger partial charge >= 0.3 is 0 Å². The van der Waals surface area contributed by atoms with E-state index in [9.17, 15) is 8.42 Å². The van der Waals surface area contributed by atoms with Gasteiger partial charge in [0.2, 0.25) is 0 Å². The van der Waals surface area contributed by atoms with E-state index >= 15 is 0 Å². The van der Waals surface area contributed by atoms with Gasteiger partial charge in [0, 0.05) is 13.1 Å². The zero-order valence-electron chi connectivity index (χ0n) is 9.55. The number of hydrogen-bond acceptors (Lipinski definition) is 5. The molecule has 0 aromatic carbocycles. The first-order valence-corrected chi connectivity index (χ1v) is 7.17. The van der Waals surface area contributed by atoms with Crippen LogP contribution in [0, 0.1) is 18.3 Å². The van der Waals surface area contributed by atoms with E-state index in [4.69, 9.17) is 5.26 Å². The zero-order valence-corrected chi connectivity index (χ0v) is 10.4. The molecule has 90 valence electrons. The van der Waals surface area contributed by atoms with Crippen LogP contribution in [0.15, 0.2) is 12.1 Å². The third kappa shape index (κ3) is 2.56. The van der Waals surface area contributed by atoms with Gasteiger partial charge in [0.1, 0.15) is 17.6 Å². The Morgan fingerprint density at radius 2 is 2.00 bits per heavy atom. The summed E-state index contributed by atoms with van der Waals surface area (Å²) < 4.78 is 22.6. The monoisotopic (exact) mass is 251 g/mol. The molecule has 2 heterocycles. The van der Waals surface area contributed by atoms with Gasteiger partial charge in [-0.25, -0.2) is 13.4 Å². The van der Waals surface area contributed by atoms with Gasteiger partial charge in [-0.2, -0.15) is 5.26 Å². The predicted octanol–water partition coefficient (Wildman–Crippen LogP) is 0.497. The Hall–Kier alpha value is -1.61. The van der Waals surface area contributed by atoms with Gasteiger partial charge in [-0.05, 0) is 18.6 Å². The van der Waals surface area contributed by atoms with E-state index in [1.807, 2.05) is 30.0 Å². The SMILES string of the molecule is Cc1ccc(N2CCS(=O)(=O)CC2)nc1C#N. The first-order chi connectivity index (χ1) is 8.02. The summed E-state index contributed by atoms with van der Waals surface area (Å²) >= 11 is 0. The molecule has 0 spiro atoms. The maximum absolute atomic E-state index is 11.3. The van der Waals surface area contributed by atoms with E-state index in [1.165, 1.54) is 0 Å². The Kier molecular flexibility index (Phi) is 3.03. The lowest BCUT2D eigenvalue weighted by Crippen LogP contribution is -2.40. The quantitative estimate of drug-likeness (QED) is 0.726. The molecule has 0 aliphatic carbocycles. The fourth-order valence-corrected chi connectivity index (χ4v) is 2.95. The van der Waals surface area contributed by atoms with Crippen LogP contribution in [-0.4, -0.2) is 38.0 Å². The molecule has 0 unspecified atom stereocenters. The van der Waals surface area contributed by atoms with Crippen LogP contribution in [-0.2, 0) is 9.84 Å². The highest BCUT2D eigenvalue weighted by Crippen LogP contribution is 2.16. The minimum atomic E-state index is -2.88. The summed E-state index contributed by atoms with van der Waals surface area (Å²) in [7, 11) is -2.88. The van der Waals surface area contributed by atoms with Crippen molar-refractivity contribution in [3.63, 3.8) is 0 Å². The molecule has 1 aromatic heterocycles. The molecule has 17 heavy (non-hydrogen) atoms. The molecule has 2 rings (SSSR count). The first-order valence-electron chi connectivity index (χ1n) is 5.35. The summed E-state index contributed by atoms with van der Waals surface area (Å²) in [5.41, 5.74) is 1.23. The Balaban J connectivity index is 2.22. The second-order valence-electron chi connectivity index (χ2n) is 4.09. The number of rotatable bonds is 1. The molecule has 1 fully saturated rings. The average molecular weight is 251 g/mol. The van der Waals surface area contributed by atoms with Crippen LogP contribution >= 0.6 is 0 Å². The minimum Gasteiger partial charge on any atom is -0.355 e. The van der Waals surface area contributed by atoms with Crippen LogP contribution < -0.4 is 4.90 Å². The molecule has 1 aliphatic heterocycles. The standard InChI is InChI=1S/C11H13N3O2S/c1-9-2-3-11(13-10(9)8-12)14-4-6-17(15,16)7-5-14/h2-3H,4-7H2,1H3. The van der Waals surface area contributed by atoms with Gasteiger partial charge in [-0.3, -0.25) is 0 Å². The lowest BCUT2D eigenvalue weighted by molar-refractivity contribution is 0.586. The number of pyridine rings is 1. The summed E-state index contributed by atoms with van der Waals surface area (Å²) in [6, 6.07) is 5.70. The average Bonchev–Trinajstić information content (AvgIpc) is 2.30. The molecular weight excluding hydrogens is 238 g/mol. The lowest BCUT2D eigenvalue weighted by atomic mass is 10.2. The topological polar surface area (TPSA) is 74.1 Å². The van der Waals surface area contributed by atoms with E-state index in [2.05, 4.69) is 4.98 Å². The third-order valence-electron chi connectivity index (χ3n) is 2.86. The van der Waals surface area contributed by atoms with Crippen LogP contribution in [0.1, 0.15) is 11.3 Å². The second kappa shape index (κ2) is 4.34. The van der Waals surface area contributed by atoms with Crippen molar-refractivity contribution in [3.8, 4) is 6.07 Å². The molecule has 1 aliphatic rings. The molecule has 0 saturated carbocycles. The van der Waals surface area contributed by atoms with Crippen LogP contribution in [0.3, 0.4) is 0 Å². The predicted molar refractivity (Wildman–Crippen MR) is 64.6 cm³/mol. The number of hydrogen-bond donors (Lipinski definition) is 0. The van der Waals surface area contributed by atoms with E-state index < -0.39 is 9.84 Å². The highest BCUT2D eigenvalue weighted by Gasteiger charge is 2.22. The zero-order chi connectivity index (χ0) is 12.5. The van der Waals surface area contributed by atoms with Crippen molar-refractivity contribution in [1.82, 2.24) is 4.98 Å². The van der Waals surface area contributed by atoms with E-state index in [0.29, 0.717) is 24.6 Å². The number of nitriles is 1. The lowest BCUT2D eigenvalue weighted by Gasteiger charge is -2.27. The summed E-state index contributed by atoms with van der Waals surface area (Å²) in [6.07, 6.45) is 0. The van der Waals surface area contributed by atoms with Crippen LogP contribution in [0.5, 0.6) is 0 Å². The molecule has 5 nitrogen and oxygen atoms in total. The van der Waals surface area contributed by atoms with E-state index in [-0.39, 0.29) is 11.5 Å². The van der Waals surface area contributed by atoms with Crippen molar-refractivity contribution in [2.24, 2.45) is 0 Å². The first kappa shape index (κ1) is 11.9. The minimum absolute atomic E-state index is 0.157. The van der Waals surface area contributed by atoms with Gasteiger partial charge in [0.25, 0.3) is 0 Å². The summed E-state index contributed by atoms with van der Waals surface area (Å²) in [5, 5.41) is 8.90. The molecule has 1 aromatic rings. The molecule has 0 amide bonds. The Morgan fingerprint density at radius 1 is 1.35 bits per heavy atom. The van der Waals surface area contributed by atoms with Gasteiger partial charge in [0.15, 0.2) is 9.84 Å². The molecule has 0 N–H and O–H groups in total. The maximum atomic E-state index is 11.3. The molecule has 6 heteroatoms. The molecule has 0 bridgehead atoms. The van der Waals surface area contributed by atoms with Crippen molar-refractivity contribution in [2.75, 3.05) is 29.5 Å². The van der Waals surface area contributed by atoms with Crippen molar-refractivity contribution >= 4 is 15.7 Å². The number of aryl methyl sites for hydroxylation is 1. The highest BCUT2D eigenvalue weighted by molar-refractivity contribution is 7.91.